The SMILES string of the molecule is Cc1oc(-c2ccccc2F)nc1CC(=O)NCCn1c(=O)[nH]c2ccccc21. The number of amides is 1. The van der Waals surface area contributed by atoms with Crippen molar-refractivity contribution in [3.63, 3.8) is 0 Å². The number of oxazole rings is 1. The van der Waals surface area contributed by atoms with Gasteiger partial charge in [0.25, 0.3) is 0 Å². The predicted octanol–water partition coefficient (Wildman–Crippen LogP) is 2.79. The van der Waals surface area contributed by atoms with Crippen LogP contribution in [0.2, 0.25) is 0 Å². The number of hydrogen-bond acceptors (Lipinski definition) is 4. The number of H-pyrrole nitrogens is 1. The molecule has 29 heavy (non-hydrogen) atoms. The lowest BCUT2D eigenvalue weighted by Gasteiger charge is -2.06. The van der Waals surface area contributed by atoms with E-state index >= 15 is 0 Å². The van der Waals surface area contributed by atoms with Crippen LogP contribution in [0.1, 0.15) is 11.5 Å². The standard InChI is InChI=1S/C21H19FN4O3/c1-13-17(24-20(29-13)14-6-2-3-7-15(14)22)12-19(27)23-10-11-26-18-9-5-4-8-16(18)25-21(26)28/h2-9H,10-12H2,1H3,(H,23,27)(H,25,28). The Labute approximate surface area is 165 Å². The van der Waals surface area contributed by atoms with E-state index in [9.17, 15) is 14.0 Å². The van der Waals surface area contributed by atoms with Crippen LogP contribution < -0.4 is 11.0 Å². The van der Waals surface area contributed by atoms with E-state index in [-0.39, 0.29) is 36.0 Å². The third kappa shape index (κ3) is 3.82. The molecule has 0 aliphatic carbocycles. The monoisotopic (exact) mass is 394 g/mol. The number of aromatic nitrogens is 3. The summed E-state index contributed by atoms with van der Waals surface area (Å²) < 4.78 is 21.0. The highest BCUT2D eigenvalue weighted by Crippen LogP contribution is 2.24. The molecule has 7 nitrogen and oxygen atoms in total. The fourth-order valence-corrected chi connectivity index (χ4v) is 3.19. The smallest absolute Gasteiger partial charge is 0.326 e. The Balaban J connectivity index is 1.40. The van der Waals surface area contributed by atoms with Crippen LogP contribution >= 0.6 is 0 Å². The fraction of sp³-hybridized carbons (Fsp3) is 0.190. The van der Waals surface area contributed by atoms with Crippen LogP contribution in [0.3, 0.4) is 0 Å². The highest BCUT2D eigenvalue weighted by molar-refractivity contribution is 5.78. The third-order valence-corrected chi connectivity index (χ3v) is 4.66. The molecule has 0 bridgehead atoms. The van der Waals surface area contributed by atoms with Crippen LogP contribution in [0.5, 0.6) is 0 Å². The summed E-state index contributed by atoms with van der Waals surface area (Å²) >= 11 is 0. The Morgan fingerprint density at radius 1 is 1.21 bits per heavy atom. The van der Waals surface area contributed by atoms with Crippen molar-refractivity contribution in [2.24, 2.45) is 0 Å². The van der Waals surface area contributed by atoms with Gasteiger partial charge in [-0.05, 0) is 31.2 Å². The van der Waals surface area contributed by atoms with E-state index in [1.807, 2.05) is 24.3 Å². The van der Waals surface area contributed by atoms with Crippen LogP contribution in [0.25, 0.3) is 22.5 Å². The topological polar surface area (TPSA) is 92.9 Å². The van der Waals surface area contributed by atoms with Crippen molar-refractivity contribution >= 4 is 16.9 Å². The average molecular weight is 394 g/mol. The van der Waals surface area contributed by atoms with Gasteiger partial charge in [-0.25, -0.2) is 14.2 Å². The maximum Gasteiger partial charge on any atom is 0.326 e. The number of carbonyl (C=O) groups is 1. The zero-order chi connectivity index (χ0) is 20.4. The van der Waals surface area contributed by atoms with E-state index in [0.29, 0.717) is 18.0 Å². The van der Waals surface area contributed by atoms with Crippen molar-refractivity contribution in [2.45, 2.75) is 19.9 Å². The first-order chi connectivity index (χ1) is 14.0. The second-order valence-electron chi connectivity index (χ2n) is 6.63. The van der Waals surface area contributed by atoms with Gasteiger partial charge >= 0.3 is 5.69 Å². The Morgan fingerprint density at radius 2 is 1.97 bits per heavy atom. The van der Waals surface area contributed by atoms with Gasteiger partial charge in [0.1, 0.15) is 11.6 Å². The number of nitrogens with zero attached hydrogens (tertiary/aromatic N) is 2. The van der Waals surface area contributed by atoms with Gasteiger partial charge in [0, 0.05) is 13.1 Å². The molecular weight excluding hydrogens is 375 g/mol. The predicted molar refractivity (Wildman–Crippen MR) is 106 cm³/mol. The summed E-state index contributed by atoms with van der Waals surface area (Å²) in [6, 6.07) is 13.5. The quantitative estimate of drug-likeness (QED) is 0.526. The van der Waals surface area contributed by atoms with Crippen LogP contribution in [0.4, 0.5) is 4.39 Å². The molecule has 0 atom stereocenters. The summed E-state index contributed by atoms with van der Waals surface area (Å²) in [6.07, 6.45) is 0.00652. The molecule has 4 rings (SSSR count). The van der Waals surface area contributed by atoms with E-state index in [2.05, 4.69) is 15.3 Å². The molecule has 2 heterocycles. The first-order valence-electron chi connectivity index (χ1n) is 9.18. The fourth-order valence-electron chi connectivity index (χ4n) is 3.19. The zero-order valence-electron chi connectivity index (χ0n) is 15.7. The summed E-state index contributed by atoms with van der Waals surface area (Å²) in [5.74, 6) is -0.0803. The minimum absolute atomic E-state index is 0.00652. The maximum atomic E-state index is 13.9. The second-order valence-corrected chi connectivity index (χ2v) is 6.63. The molecule has 8 heteroatoms. The number of nitrogens with one attached hydrogen (secondary N) is 2. The zero-order valence-corrected chi connectivity index (χ0v) is 15.7. The number of imidazole rings is 1. The van der Waals surface area contributed by atoms with Gasteiger partial charge in [0.05, 0.1) is 28.7 Å². The van der Waals surface area contributed by atoms with Crippen molar-refractivity contribution in [3.05, 3.63) is 76.3 Å². The lowest BCUT2D eigenvalue weighted by atomic mass is 10.2. The van der Waals surface area contributed by atoms with E-state index < -0.39 is 5.82 Å². The van der Waals surface area contributed by atoms with Crippen molar-refractivity contribution < 1.29 is 13.6 Å². The van der Waals surface area contributed by atoms with Gasteiger partial charge < -0.3 is 14.7 Å². The second kappa shape index (κ2) is 7.75. The highest BCUT2D eigenvalue weighted by Gasteiger charge is 2.17. The summed E-state index contributed by atoms with van der Waals surface area (Å²) in [6.45, 7) is 2.32. The van der Waals surface area contributed by atoms with Crippen LogP contribution in [0.15, 0.2) is 57.7 Å². The Bertz CT molecular complexity index is 1240. The molecule has 0 saturated heterocycles. The number of fused-ring (bicyclic) bond motifs is 1. The van der Waals surface area contributed by atoms with Gasteiger partial charge in [-0.15, -0.1) is 0 Å². The van der Waals surface area contributed by atoms with Crippen molar-refractivity contribution in [2.75, 3.05) is 6.54 Å². The van der Waals surface area contributed by atoms with E-state index in [1.54, 1.807) is 29.7 Å². The lowest BCUT2D eigenvalue weighted by molar-refractivity contribution is -0.120. The molecule has 0 spiro atoms. The molecule has 148 valence electrons. The number of halogens is 1. The first-order valence-corrected chi connectivity index (χ1v) is 9.18. The van der Waals surface area contributed by atoms with Gasteiger partial charge in [-0.2, -0.15) is 0 Å². The van der Waals surface area contributed by atoms with Gasteiger partial charge in [0.2, 0.25) is 11.8 Å². The maximum absolute atomic E-state index is 13.9. The minimum atomic E-state index is -0.436. The molecular formula is C21H19FN4O3. The summed E-state index contributed by atoms with van der Waals surface area (Å²) in [5.41, 5.74) is 2.02. The van der Waals surface area contributed by atoms with Gasteiger partial charge in [-0.3, -0.25) is 9.36 Å². The molecule has 2 aromatic carbocycles. The molecule has 1 amide bonds. The molecule has 4 aromatic rings. The third-order valence-electron chi connectivity index (χ3n) is 4.66. The number of rotatable bonds is 6. The van der Waals surface area contributed by atoms with E-state index in [1.165, 1.54) is 6.07 Å². The molecule has 0 aliphatic rings. The summed E-state index contributed by atoms with van der Waals surface area (Å²) in [7, 11) is 0. The van der Waals surface area contributed by atoms with Crippen molar-refractivity contribution in [1.29, 1.82) is 0 Å². The number of para-hydroxylation sites is 2. The summed E-state index contributed by atoms with van der Waals surface area (Å²) in [5, 5.41) is 2.78. The van der Waals surface area contributed by atoms with Crippen molar-refractivity contribution in [3.8, 4) is 11.5 Å². The molecule has 0 unspecified atom stereocenters. The Kier molecular flexibility index (Phi) is 4.99. The number of aryl methyl sites for hydroxylation is 1. The van der Waals surface area contributed by atoms with Crippen LogP contribution in [-0.2, 0) is 17.8 Å². The molecule has 0 radical (unpaired) electrons. The normalized spacial score (nSPS) is 11.1. The van der Waals surface area contributed by atoms with Gasteiger partial charge in [-0.1, -0.05) is 24.3 Å². The first kappa shape index (κ1) is 18.7. The minimum Gasteiger partial charge on any atom is -0.441 e. The Morgan fingerprint density at radius 3 is 2.79 bits per heavy atom. The van der Waals surface area contributed by atoms with Crippen molar-refractivity contribution in [1.82, 2.24) is 19.9 Å². The molecule has 0 aliphatic heterocycles. The molecule has 0 fully saturated rings. The number of benzene rings is 2. The van der Waals surface area contributed by atoms with E-state index in [4.69, 9.17) is 4.42 Å². The van der Waals surface area contributed by atoms with E-state index in [0.717, 1.165) is 11.0 Å². The lowest BCUT2D eigenvalue weighted by Crippen LogP contribution is -2.31. The average Bonchev–Trinajstić information content (AvgIpc) is 3.22. The highest BCUT2D eigenvalue weighted by atomic mass is 19.1. The molecule has 0 saturated carbocycles. The molecule has 2 aromatic heterocycles. The number of aromatic amines is 1. The van der Waals surface area contributed by atoms with Crippen LogP contribution in [-0.4, -0.2) is 27.0 Å². The number of hydrogen-bond donors (Lipinski definition) is 2. The number of carbonyl (C=O) groups excluding carboxylic acids is 1. The van der Waals surface area contributed by atoms with Gasteiger partial charge in [0.15, 0.2) is 0 Å². The summed E-state index contributed by atoms with van der Waals surface area (Å²) in [4.78, 5) is 31.4. The largest absolute Gasteiger partial charge is 0.441 e. The molecule has 2 N–H and O–H groups in total. The Hall–Kier alpha value is -3.68. The van der Waals surface area contributed by atoms with Crippen LogP contribution in [0, 0.1) is 12.7 Å².